The number of imide groups is 1. The number of phenolic OH excluding ortho intramolecular Hbond substituents is 2. The molecule has 0 aromatic heterocycles. The van der Waals surface area contributed by atoms with Gasteiger partial charge in [0.1, 0.15) is 51.5 Å². The Balaban J connectivity index is 0.000000190. The zero-order valence-electron chi connectivity index (χ0n) is 70.7. The number of aromatic hydroxyl groups is 2. The molecule has 610 valence electrons. The Kier molecular flexibility index (Phi) is 28.6. The van der Waals surface area contributed by atoms with Crippen LogP contribution in [0.1, 0.15) is 161 Å². The number of likely N-dealkylation sites (tertiary alicyclic amines) is 3. The van der Waals surface area contributed by atoms with E-state index in [1.807, 2.05) is 92.1 Å². The molecule has 0 atom stereocenters. The maximum absolute atomic E-state index is 13.8. The number of ether oxygens (including phenoxy) is 6. The number of nitrogens with zero attached hydrogens (tertiary/aromatic N) is 9. The Morgan fingerprint density at radius 3 is 1.11 bits per heavy atom. The number of carbonyl (C=O) groups is 4. The number of urea groups is 3. The van der Waals surface area contributed by atoms with Gasteiger partial charge in [0.2, 0.25) is 0 Å². The number of allylic oxidation sites excluding steroid dienone is 3. The van der Waals surface area contributed by atoms with E-state index in [1.165, 1.54) is 21.6 Å². The quantitative estimate of drug-likeness (QED) is 0.0497. The molecular weight excluding hydrogens is 1470 g/mol. The maximum atomic E-state index is 13.8. The van der Waals surface area contributed by atoms with Crippen molar-refractivity contribution in [3.8, 4) is 46.0 Å². The molecule has 21 nitrogen and oxygen atoms in total. The number of carbonyl (C=O) groups excluding carboxylic acids is 4. The first-order chi connectivity index (χ1) is 53.3. The first-order valence-electron chi connectivity index (χ1n) is 39.6. The number of halogens is 1. The van der Waals surface area contributed by atoms with E-state index in [0.29, 0.717) is 57.9 Å². The van der Waals surface area contributed by atoms with Crippen LogP contribution < -0.4 is 40.8 Å². The smallest absolute Gasteiger partial charge is 1.00 e. The summed E-state index contributed by atoms with van der Waals surface area (Å²) in [7, 11) is 10.00. The molecule has 6 fully saturated rings. The summed E-state index contributed by atoms with van der Waals surface area (Å²) in [5.74, 6) is 5.25. The predicted octanol–water partition coefficient (Wildman–Crippen LogP) is 12.5. The van der Waals surface area contributed by atoms with Gasteiger partial charge in [0.15, 0.2) is 0 Å². The predicted molar refractivity (Wildman–Crippen MR) is 445 cm³/mol. The zero-order valence-corrected chi connectivity index (χ0v) is 72.9. The zero-order chi connectivity index (χ0) is 81.1. The van der Waals surface area contributed by atoms with Crippen LogP contribution in [0, 0.1) is 34.6 Å². The van der Waals surface area contributed by atoms with Gasteiger partial charge in [-0.15, -0.1) is 0 Å². The number of piperidine rings is 3. The Morgan fingerprint density at radius 2 is 0.754 bits per heavy atom. The maximum Gasteiger partial charge on any atom is 2.00 e. The molecule has 0 saturated carbocycles. The molecule has 8 aliphatic rings. The van der Waals surface area contributed by atoms with Gasteiger partial charge in [0.25, 0.3) is 5.91 Å². The third kappa shape index (κ3) is 18.1. The number of likely N-dealkylation sites (N-methyl/N-ethyl adjacent to an activating group) is 3. The van der Waals surface area contributed by atoms with Crippen LogP contribution >= 0.6 is 0 Å². The molecule has 8 heterocycles. The van der Waals surface area contributed by atoms with Crippen molar-refractivity contribution in [3.63, 3.8) is 0 Å². The number of rotatable bonds is 17. The minimum atomic E-state index is -0.742. The van der Waals surface area contributed by atoms with E-state index in [4.69, 9.17) is 28.4 Å². The van der Waals surface area contributed by atoms with Crippen LogP contribution in [0.2, 0.25) is 0 Å². The van der Waals surface area contributed by atoms with Crippen molar-refractivity contribution >= 4 is 47.1 Å². The van der Waals surface area contributed by atoms with Crippen LogP contribution in [-0.4, -0.2) is 220 Å². The Bertz CT molecular complexity index is 4310. The summed E-state index contributed by atoms with van der Waals surface area (Å²) in [6, 6.07) is 31.9. The van der Waals surface area contributed by atoms with Crippen molar-refractivity contribution in [2.75, 3.05) is 102 Å². The van der Waals surface area contributed by atoms with Gasteiger partial charge in [0, 0.05) is 119 Å². The van der Waals surface area contributed by atoms with Crippen molar-refractivity contribution in [3.05, 3.63) is 206 Å². The van der Waals surface area contributed by atoms with Crippen molar-refractivity contribution in [2.24, 2.45) is 0 Å². The van der Waals surface area contributed by atoms with E-state index in [-0.39, 0.29) is 87.1 Å². The summed E-state index contributed by atoms with van der Waals surface area (Å²) >= 11 is 0. The average Bonchev–Trinajstić information content (AvgIpc) is 1.55. The topological polar surface area (TPSA) is 193 Å². The molecule has 3 spiro atoms. The Labute approximate surface area is 699 Å². The molecule has 23 heteroatoms. The molecule has 8 aliphatic heterocycles. The molecule has 7 amide bonds. The van der Waals surface area contributed by atoms with Crippen LogP contribution in [0.5, 0.6) is 46.0 Å². The summed E-state index contributed by atoms with van der Waals surface area (Å²) in [4.78, 5) is 73.2. The third-order valence-electron chi connectivity index (χ3n) is 24.4. The van der Waals surface area contributed by atoms with Crippen molar-refractivity contribution < 1.29 is 70.2 Å². The van der Waals surface area contributed by atoms with E-state index < -0.39 is 5.54 Å². The molecule has 0 bridgehead atoms. The van der Waals surface area contributed by atoms with Gasteiger partial charge in [-0.2, -0.15) is 0 Å². The largest absolute Gasteiger partial charge is 2.00 e. The normalized spacial score (nSPS) is 18.9. The summed E-state index contributed by atoms with van der Waals surface area (Å²) in [5.41, 5.74) is 14.1. The Hall–Kier alpha value is -8.77. The number of methoxy groups -OCH3 is 6. The first kappa shape index (κ1) is 89.2. The molecule has 2 N–H and O–H groups in total. The minimum absolute atomic E-state index is 0. The molecule has 0 unspecified atom stereocenters. The van der Waals surface area contributed by atoms with Crippen LogP contribution in [0.25, 0.3) is 0 Å². The number of hydrogen-bond donors (Lipinski definition) is 2. The second kappa shape index (κ2) is 36.6. The molecule has 6 aromatic rings. The van der Waals surface area contributed by atoms with E-state index >= 15 is 0 Å². The molecule has 14 rings (SSSR count). The van der Waals surface area contributed by atoms with Crippen LogP contribution in [0.4, 0.5) is 14.4 Å². The molecule has 0 radical (unpaired) electrons. The SMILES string of the molecule is C=C([CH2-])C.CCN1C(=O)N(Cc2ccc(C)c(C)c2)C(=O)C12CCN(Cc1cc(OC)cc(OC)c1)CC2.CCN1C(=O)N2Cc3cc(C)c(O)cc3C(C)(C)C=C2C12CCN(Cc1cc(OC)cc(OC)c1)CC2.CCN1C(=O)N2Cc3cc(O)c(C)cc3C(C)(C)C=C2C12CCN(Cc1cc(OC)cc(OC)c1)CC2.[Cl-].[Mg+2]. The fraction of sp³-hybridized carbons (Fsp3) is 0.484. The first-order valence-corrected chi connectivity index (χ1v) is 39.6. The van der Waals surface area contributed by atoms with E-state index in [0.717, 1.165) is 186 Å². The second-order valence-corrected chi connectivity index (χ2v) is 32.7. The summed E-state index contributed by atoms with van der Waals surface area (Å²) < 4.78 is 32.7. The molecule has 114 heavy (non-hydrogen) atoms. The number of phenols is 2. The average molecular weight is 1590 g/mol. The number of benzene rings is 6. The number of fused-ring (bicyclic) bond motifs is 6. The molecule has 0 aliphatic carbocycles. The van der Waals surface area contributed by atoms with E-state index in [9.17, 15) is 29.4 Å². The van der Waals surface area contributed by atoms with Gasteiger partial charge in [-0.25, -0.2) is 33.5 Å². The van der Waals surface area contributed by atoms with Crippen molar-refractivity contribution in [2.45, 2.75) is 188 Å². The van der Waals surface area contributed by atoms with Crippen molar-refractivity contribution in [1.29, 1.82) is 0 Å². The van der Waals surface area contributed by atoms with Gasteiger partial charge in [-0.05, 0) is 202 Å². The summed E-state index contributed by atoms with van der Waals surface area (Å²) in [6.07, 6.45) is 9.42. The number of hydrogen-bond acceptors (Lipinski definition) is 15. The monoisotopic (exact) mass is 1590 g/mol. The van der Waals surface area contributed by atoms with E-state index in [1.54, 1.807) is 47.6 Å². The van der Waals surface area contributed by atoms with Gasteiger partial charge in [-0.1, -0.05) is 77.1 Å². The summed E-state index contributed by atoms with van der Waals surface area (Å²) in [6.45, 7) is 42.3. The molecule has 6 saturated heterocycles. The van der Waals surface area contributed by atoms with E-state index in [2.05, 4.69) is 148 Å². The summed E-state index contributed by atoms with van der Waals surface area (Å²) in [5, 5.41) is 20.9. The molecular formula is C91H120ClMgN9O12. The minimum Gasteiger partial charge on any atom is -1.00 e. The molecule has 6 aromatic carbocycles. The fourth-order valence-electron chi connectivity index (χ4n) is 18.3. The van der Waals surface area contributed by atoms with Gasteiger partial charge in [0.05, 0.1) is 73.4 Å². The standard InChI is InChI=1S/2C30H39N3O4.C27H35N3O4.C4H7.ClH.Mg/c1-7-33-28(35)32-19-22-15-26(34)20(2)12-25(22)29(3,4)17-27(32)30(33)8-10-31(11-9-30)18-21-13-23(36-5)16-24(14-21)37-6;1-7-33-28(35)32-19-22-12-20(2)26(34)16-25(22)29(3,4)17-27(32)30(33)8-10-31(11-9-30)18-21-13-23(36-5)15-24(14-21)37-6;1-6-30-26(32)29(18-21-8-7-19(2)20(3)13-21)25(31)27(30)9-11-28(12-10-27)17-22-14-23(33-4)16-24(15-22)34-5;1-4(2)3;;/h2*12-17,34H,7-11,18-19H2,1-6H3;7-8,13-16H,6,9-12,17-18H2,1-5H3;1-2H2,3H3;1H;/q;;;-1;;+2/p-1. The number of amides is 7. The van der Waals surface area contributed by atoms with Gasteiger partial charge < -0.3 is 65.7 Å². The third-order valence-corrected chi connectivity index (χ3v) is 24.4. The van der Waals surface area contributed by atoms with Crippen LogP contribution in [0.15, 0.2) is 133 Å². The van der Waals surface area contributed by atoms with Crippen LogP contribution in [-0.2, 0) is 54.9 Å². The van der Waals surface area contributed by atoms with Crippen molar-refractivity contribution in [1.82, 2.24) is 44.1 Å². The number of aryl methyl sites for hydroxylation is 4. The fourth-order valence-corrected chi connectivity index (χ4v) is 18.3. The van der Waals surface area contributed by atoms with Gasteiger partial charge in [-0.3, -0.25) is 34.2 Å². The second-order valence-electron chi connectivity index (χ2n) is 32.7. The van der Waals surface area contributed by atoms with Crippen LogP contribution in [0.3, 0.4) is 0 Å². The van der Waals surface area contributed by atoms with Gasteiger partial charge >= 0.3 is 41.1 Å². The Morgan fingerprint density at radius 1 is 0.430 bits per heavy atom.